The molecule has 0 radical (unpaired) electrons. The van der Waals surface area contributed by atoms with Gasteiger partial charge in [0.05, 0.1) is 27.2 Å². The number of amides is 1. The number of anilines is 1. The van der Waals surface area contributed by atoms with Crippen LogP contribution in [0.25, 0.3) is 0 Å². The van der Waals surface area contributed by atoms with Crippen molar-refractivity contribution in [3.63, 3.8) is 0 Å². The van der Waals surface area contributed by atoms with Gasteiger partial charge in [-0.1, -0.05) is 15.9 Å². The van der Waals surface area contributed by atoms with Crippen molar-refractivity contribution in [1.82, 2.24) is 0 Å². The summed E-state index contributed by atoms with van der Waals surface area (Å²) in [6, 6.07) is 9.52. The number of benzene rings is 2. The number of likely N-dealkylation sites (N-methyl/N-ethyl adjacent to an activating group) is 1. The van der Waals surface area contributed by atoms with E-state index in [1.54, 1.807) is 33.3 Å². The topological polar surface area (TPSA) is 48.0 Å². The monoisotopic (exact) mass is 405 g/mol. The zero-order valence-electron chi connectivity index (χ0n) is 14.6. The highest BCUT2D eigenvalue weighted by Gasteiger charge is 2.36. The van der Waals surface area contributed by atoms with Crippen molar-refractivity contribution in [1.29, 1.82) is 0 Å². The lowest BCUT2D eigenvalue weighted by Gasteiger charge is -2.18. The second-order valence-electron chi connectivity index (χ2n) is 5.87. The van der Waals surface area contributed by atoms with Crippen molar-refractivity contribution in [3.05, 3.63) is 45.9 Å². The van der Waals surface area contributed by atoms with Gasteiger partial charge in [-0.25, -0.2) is 0 Å². The van der Waals surface area contributed by atoms with E-state index in [1.807, 2.05) is 30.3 Å². The molecular weight excluding hydrogens is 386 g/mol. The number of nitrogens with zero attached hydrogens (tertiary/aromatic N) is 1. The fraction of sp³-hybridized carbons (Fsp3) is 0.316. The maximum Gasteiger partial charge on any atom is 0.234 e. The fourth-order valence-electron chi connectivity index (χ4n) is 3.28. The Morgan fingerprint density at radius 3 is 2.24 bits per heavy atom. The number of carbonyl (C=O) groups excluding carboxylic acids is 1. The van der Waals surface area contributed by atoms with Gasteiger partial charge in [0.15, 0.2) is 0 Å². The van der Waals surface area contributed by atoms with Crippen LogP contribution in [-0.4, -0.2) is 34.3 Å². The molecule has 0 fully saturated rings. The number of halogens is 1. The van der Waals surface area contributed by atoms with E-state index in [2.05, 4.69) is 15.9 Å². The summed E-state index contributed by atoms with van der Waals surface area (Å²) in [7, 11) is 6.60. The lowest BCUT2D eigenvalue weighted by Crippen LogP contribution is -2.25. The molecule has 2 aromatic rings. The highest BCUT2D eigenvalue weighted by molar-refractivity contribution is 9.10. The average molecular weight is 406 g/mol. The Bertz CT molecular complexity index is 796. The number of carbonyl (C=O) groups is 1. The van der Waals surface area contributed by atoms with Crippen molar-refractivity contribution in [2.24, 2.45) is 0 Å². The van der Waals surface area contributed by atoms with Crippen molar-refractivity contribution in [2.45, 2.75) is 12.3 Å². The molecule has 1 heterocycles. The predicted octanol–water partition coefficient (Wildman–Crippen LogP) is 3.78. The van der Waals surface area contributed by atoms with E-state index in [-0.39, 0.29) is 11.8 Å². The van der Waals surface area contributed by atoms with E-state index in [4.69, 9.17) is 14.2 Å². The first-order valence-electron chi connectivity index (χ1n) is 7.86. The van der Waals surface area contributed by atoms with E-state index in [9.17, 15) is 4.79 Å². The first kappa shape index (κ1) is 17.6. The summed E-state index contributed by atoms with van der Waals surface area (Å²) in [6.07, 6.45) is 0.489. The van der Waals surface area contributed by atoms with Crippen LogP contribution in [0.3, 0.4) is 0 Å². The lowest BCUT2D eigenvalue weighted by atomic mass is 9.92. The van der Waals surface area contributed by atoms with Crippen LogP contribution in [0.2, 0.25) is 0 Å². The third-order valence-corrected chi connectivity index (χ3v) is 5.07. The molecule has 0 bridgehead atoms. The molecule has 1 aliphatic heterocycles. The first-order valence-corrected chi connectivity index (χ1v) is 8.65. The van der Waals surface area contributed by atoms with Crippen LogP contribution in [0.5, 0.6) is 17.2 Å². The molecule has 5 nitrogen and oxygen atoms in total. The van der Waals surface area contributed by atoms with Gasteiger partial charge in [0.25, 0.3) is 0 Å². The minimum Gasteiger partial charge on any atom is -0.496 e. The number of hydrogen-bond donors (Lipinski definition) is 0. The molecule has 0 saturated heterocycles. The van der Waals surface area contributed by atoms with Crippen molar-refractivity contribution in [2.75, 3.05) is 33.3 Å². The van der Waals surface area contributed by atoms with E-state index in [0.717, 1.165) is 21.3 Å². The number of fused-ring (bicyclic) bond motifs is 1. The van der Waals surface area contributed by atoms with Crippen LogP contribution in [0, 0.1) is 0 Å². The smallest absolute Gasteiger partial charge is 0.234 e. The van der Waals surface area contributed by atoms with Crippen LogP contribution < -0.4 is 19.1 Å². The lowest BCUT2D eigenvalue weighted by molar-refractivity contribution is -0.119. The number of hydrogen-bond acceptors (Lipinski definition) is 4. The second-order valence-corrected chi connectivity index (χ2v) is 6.78. The Kier molecular flexibility index (Phi) is 4.90. The van der Waals surface area contributed by atoms with Crippen molar-refractivity contribution in [3.8, 4) is 17.2 Å². The van der Waals surface area contributed by atoms with Gasteiger partial charge < -0.3 is 19.1 Å². The van der Waals surface area contributed by atoms with E-state index in [1.165, 1.54) is 0 Å². The molecule has 132 valence electrons. The van der Waals surface area contributed by atoms with Crippen LogP contribution in [0.4, 0.5) is 5.69 Å². The minimum absolute atomic E-state index is 0.0630. The van der Waals surface area contributed by atoms with Gasteiger partial charge in [-0.15, -0.1) is 0 Å². The molecule has 0 spiro atoms. The quantitative estimate of drug-likeness (QED) is 0.759. The Morgan fingerprint density at radius 2 is 1.68 bits per heavy atom. The normalized spacial score (nSPS) is 16.0. The first-order chi connectivity index (χ1) is 12.0. The maximum atomic E-state index is 12.8. The molecule has 0 unspecified atom stereocenters. The number of rotatable bonds is 5. The molecule has 1 aliphatic rings. The van der Waals surface area contributed by atoms with Gasteiger partial charge in [0.2, 0.25) is 5.91 Å². The summed E-state index contributed by atoms with van der Waals surface area (Å²) in [5, 5.41) is 0. The zero-order valence-corrected chi connectivity index (χ0v) is 16.2. The summed E-state index contributed by atoms with van der Waals surface area (Å²) < 4.78 is 17.3. The highest BCUT2D eigenvalue weighted by Crippen LogP contribution is 2.43. The Labute approximate surface area is 155 Å². The molecule has 25 heavy (non-hydrogen) atoms. The summed E-state index contributed by atoms with van der Waals surface area (Å²) in [6.45, 7) is 0. The third kappa shape index (κ3) is 3.06. The van der Waals surface area contributed by atoms with E-state index in [0.29, 0.717) is 23.7 Å². The summed E-state index contributed by atoms with van der Waals surface area (Å²) in [4.78, 5) is 14.5. The van der Waals surface area contributed by atoms with Crippen LogP contribution in [0.15, 0.2) is 34.8 Å². The van der Waals surface area contributed by atoms with E-state index < -0.39 is 0 Å². The largest absolute Gasteiger partial charge is 0.496 e. The molecule has 1 amide bonds. The van der Waals surface area contributed by atoms with Gasteiger partial charge in [-0.2, -0.15) is 0 Å². The molecule has 6 heteroatoms. The van der Waals surface area contributed by atoms with Crippen molar-refractivity contribution < 1.29 is 19.0 Å². The van der Waals surface area contributed by atoms with Gasteiger partial charge in [0.1, 0.15) is 17.2 Å². The average Bonchev–Trinajstić information content (AvgIpc) is 2.85. The van der Waals surface area contributed by atoms with Crippen LogP contribution in [0.1, 0.15) is 17.0 Å². The van der Waals surface area contributed by atoms with E-state index >= 15 is 0 Å². The molecule has 0 aliphatic carbocycles. The van der Waals surface area contributed by atoms with Gasteiger partial charge in [-0.05, 0) is 30.2 Å². The molecular formula is C19H20BrNO4. The SMILES string of the molecule is COc1cc(OC)c(C[C@H]2C(=O)N(C)c3ccc(Br)cc32)c(OC)c1. The Morgan fingerprint density at radius 1 is 1.04 bits per heavy atom. The van der Waals surface area contributed by atoms with Crippen LogP contribution in [-0.2, 0) is 11.2 Å². The van der Waals surface area contributed by atoms with Gasteiger partial charge in [0, 0.05) is 34.9 Å². The summed E-state index contributed by atoms with van der Waals surface area (Å²) in [5.74, 6) is 1.72. The predicted molar refractivity (Wildman–Crippen MR) is 100 cm³/mol. The standard InChI is InChI=1S/C19H20BrNO4/c1-21-16-6-5-11(20)7-13(16)14(19(21)22)10-15-17(24-3)8-12(23-2)9-18(15)25-4/h5-9,14H,10H2,1-4H3/t14-/m1/s1. The Balaban J connectivity index is 2.06. The fourth-order valence-corrected chi connectivity index (χ4v) is 3.65. The summed E-state index contributed by atoms with van der Waals surface area (Å²) in [5.41, 5.74) is 2.79. The Hall–Kier alpha value is -2.21. The maximum absolute atomic E-state index is 12.8. The molecule has 1 atom stereocenters. The zero-order chi connectivity index (χ0) is 18.1. The highest BCUT2D eigenvalue weighted by atomic mass is 79.9. The molecule has 3 rings (SSSR count). The van der Waals surface area contributed by atoms with Crippen molar-refractivity contribution >= 4 is 27.5 Å². The molecule has 2 aromatic carbocycles. The number of ether oxygens (including phenoxy) is 3. The third-order valence-electron chi connectivity index (χ3n) is 4.58. The minimum atomic E-state index is -0.284. The summed E-state index contributed by atoms with van der Waals surface area (Å²) >= 11 is 3.50. The second kappa shape index (κ2) is 6.96. The van der Waals surface area contributed by atoms with Gasteiger partial charge >= 0.3 is 0 Å². The van der Waals surface area contributed by atoms with Gasteiger partial charge in [-0.3, -0.25) is 4.79 Å². The van der Waals surface area contributed by atoms with Crippen LogP contribution >= 0.6 is 15.9 Å². The molecule has 0 aromatic heterocycles. The molecule has 0 N–H and O–H groups in total. The molecule has 0 saturated carbocycles. The number of methoxy groups -OCH3 is 3.